The highest BCUT2D eigenvalue weighted by Crippen LogP contribution is 2.35. The molecule has 0 radical (unpaired) electrons. The molecular weight excluding hydrogens is 582 g/mol. The monoisotopic (exact) mass is 601 g/mol. The van der Waals surface area contributed by atoms with Crippen LogP contribution >= 0.6 is 15.9 Å². The molecule has 200 valence electrons. The third kappa shape index (κ3) is 4.43. The number of benzene rings is 3. The second kappa shape index (κ2) is 10.1. The van der Waals surface area contributed by atoms with Gasteiger partial charge in [-0.3, -0.25) is 29.5 Å². The normalized spacial score (nSPS) is 21.7. The Kier molecular flexibility index (Phi) is 6.42. The Bertz CT molecular complexity index is 1580. The number of imide groups is 1. The molecule has 1 fully saturated rings. The van der Waals surface area contributed by atoms with Crippen molar-refractivity contribution in [1.82, 2.24) is 10.0 Å². The average Bonchev–Trinajstić information content (AvgIpc) is 3.65. The summed E-state index contributed by atoms with van der Waals surface area (Å²) in [7, 11) is 0. The number of carbonyl (C=O) groups is 3. The Morgan fingerprint density at radius 3 is 2.35 bits per heavy atom. The molecule has 3 aliphatic heterocycles. The number of halogens is 1. The van der Waals surface area contributed by atoms with Crippen LogP contribution in [-0.4, -0.2) is 57.0 Å². The molecule has 3 aromatic rings. The van der Waals surface area contributed by atoms with Crippen LogP contribution in [0.2, 0.25) is 0 Å². The largest absolute Gasteiger partial charge is 0.271 e. The van der Waals surface area contributed by atoms with Crippen LogP contribution in [0.4, 0.5) is 11.4 Å². The molecule has 0 N–H and O–H groups in total. The Balaban J connectivity index is 1.24. The van der Waals surface area contributed by atoms with Crippen LogP contribution in [0.5, 0.6) is 0 Å². The van der Waals surface area contributed by atoms with Crippen LogP contribution in [0.25, 0.3) is 0 Å². The molecule has 3 atom stereocenters. The molecule has 6 rings (SSSR count). The second-order valence-corrected chi connectivity index (χ2v) is 10.3. The van der Waals surface area contributed by atoms with Gasteiger partial charge in [0.1, 0.15) is 6.54 Å². The molecule has 40 heavy (non-hydrogen) atoms. The summed E-state index contributed by atoms with van der Waals surface area (Å²) >= 11 is 3.43. The van der Waals surface area contributed by atoms with E-state index in [1.165, 1.54) is 34.3 Å². The van der Waals surface area contributed by atoms with Gasteiger partial charge in [-0.2, -0.15) is 10.2 Å². The SMILES string of the molecule is O=C1[C@@H]2[C@@H](N=NN2CC(=O)N2N=C(c3ccc(Br)cc3)C[C@H]2c2ccccc2)C(=O)N1c1ccc([N+](=O)[O-])cc1. The fraction of sp³-hybridized carbons (Fsp3) is 0.185. The van der Waals surface area contributed by atoms with Gasteiger partial charge in [0.05, 0.1) is 22.4 Å². The van der Waals surface area contributed by atoms with E-state index < -0.39 is 34.7 Å². The van der Waals surface area contributed by atoms with Gasteiger partial charge in [-0.15, -0.1) is 0 Å². The summed E-state index contributed by atoms with van der Waals surface area (Å²) in [4.78, 5) is 51.4. The zero-order chi connectivity index (χ0) is 28.0. The van der Waals surface area contributed by atoms with Gasteiger partial charge >= 0.3 is 0 Å². The first kappa shape index (κ1) is 25.5. The number of hydrogen-bond donors (Lipinski definition) is 0. The van der Waals surface area contributed by atoms with Gasteiger partial charge in [0.2, 0.25) is 0 Å². The highest BCUT2D eigenvalue weighted by molar-refractivity contribution is 9.10. The van der Waals surface area contributed by atoms with Gasteiger partial charge in [0, 0.05) is 23.0 Å². The number of hydrogen-bond acceptors (Lipinski definition) is 9. The highest BCUT2D eigenvalue weighted by Gasteiger charge is 2.55. The van der Waals surface area contributed by atoms with Gasteiger partial charge < -0.3 is 0 Å². The van der Waals surface area contributed by atoms with Crippen molar-refractivity contribution < 1.29 is 19.3 Å². The quantitative estimate of drug-likeness (QED) is 0.237. The number of hydrazone groups is 1. The minimum atomic E-state index is -1.11. The van der Waals surface area contributed by atoms with Crippen LogP contribution in [0, 0.1) is 10.1 Å². The van der Waals surface area contributed by atoms with Gasteiger partial charge in [0.15, 0.2) is 12.1 Å². The number of anilines is 1. The number of nitrogens with zero attached hydrogens (tertiary/aromatic N) is 7. The highest BCUT2D eigenvalue weighted by atomic mass is 79.9. The summed E-state index contributed by atoms with van der Waals surface area (Å²) in [6.07, 6.45) is 0.496. The Labute approximate surface area is 235 Å². The predicted octanol–water partition coefficient (Wildman–Crippen LogP) is 4.03. The lowest BCUT2D eigenvalue weighted by Gasteiger charge is -2.25. The van der Waals surface area contributed by atoms with E-state index in [9.17, 15) is 24.5 Å². The van der Waals surface area contributed by atoms with E-state index in [0.717, 1.165) is 26.2 Å². The smallest absolute Gasteiger partial charge is 0.269 e. The van der Waals surface area contributed by atoms with E-state index in [-0.39, 0.29) is 24.0 Å². The van der Waals surface area contributed by atoms with E-state index in [2.05, 4.69) is 31.4 Å². The topological polar surface area (TPSA) is 141 Å². The summed E-state index contributed by atoms with van der Waals surface area (Å²) in [6, 6.07) is 19.7. The molecule has 3 aliphatic rings. The van der Waals surface area contributed by atoms with Crippen LogP contribution in [0.1, 0.15) is 23.6 Å². The molecule has 0 aromatic heterocycles. The van der Waals surface area contributed by atoms with E-state index in [1.54, 1.807) is 0 Å². The second-order valence-electron chi connectivity index (χ2n) is 9.40. The van der Waals surface area contributed by atoms with E-state index in [4.69, 9.17) is 0 Å². The first-order chi connectivity index (χ1) is 19.3. The van der Waals surface area contributed by atoms with Crippen LogP contribution in [0.3, 0.4) is 0 Å². The predicted molar refractivity (Wildman–Crippen MR) is 146 cm³/mol. The Hall–Kier alpha value is -4.78. The number of non-ortho nitro benzene ring substituents is 1. The van der Waals surface area contributed by atoms with Crippen LogP contribution in [0.15, 0.2) is 98.8 Å². The van der Waals surface area contributed by atoms with Crippen molar-refractivity contribution in [3.05, 3.63) is 105 Å². The Morgan fingerprint density at radius 2 is 1.68 bits per heavy atom. The summed E-state index contributed by atoms with van der Waals surface area (Å²) in [6.45, 7) is -0.321. The fourth-order valence-electron chi connectivity index (χ4n) is 5.03. The van der Waals surface area contributed by atoms with Crippen LogP contribution < -0.4 is 4.90 Å². The molecule has 13 heteroatoms. The first-order valence-electron chi connectivity index (χ1n) is 12.3. The number of rotatable bonds is 6. The maximum atomic E-state index is 13.6. The summed E-state index contributed by atoms with van der Waals surface area (Å²) in [5, 5.41) is 26.2. The minimum absolute atomic E-state index is 0.170. The first-order valence-corrected chi connectivity index (χ1v) is 13.1. The molecule has 3 heterocycles. The van der Waals surface area contributed by atoms with Crippen molar-refractivity contribution >= 4 is 50.7 Å². The van der Waals surface area contributed by atoms with Gasteiger partial charge in [-0.1, -0.05) is 63.6 Å². The minimum Gasteiger partial charge on any atom is -0.271 e. The zero-order valence-electron chi connectivity index (χ0n) is 20.7. The number of carbonyl (C=O) groups excluding carboxylic acids is 3. The van der Waals surface area contributed by atoms with E-state index in [1.807, 2.05) is 54.6 Å². The molecule has 0 saturated carbocycles. The third-order valence-electron chi connectivity index (χ3n) is 7.00. The van der Waals surface area contributed by atoms with Crippen molar-refractivity contribution in [2.45, 2.75) is 24.5 Å². The molecule has 0 bridgehead atoms. The van der Waals surface area contributed by atoms with Crippen molar-refractivity contribution in [3.8, 4) is 0 Å². The molecular formula is C27H20BrN7O5. The number of fused-ring (bicyclic) bond motifs is 1. The van der Waals surface area contributed by atoms with Crippen molar-refractivity contribution in [2.75, 3.05) is 11.4 Å². The molecule has 0 spiro atoms. The molecule has 1 saturated heterocycles. The standard InChI is InChI=1S/C27H20BrN7O5/c28-18-8-6-16(7-9-18)21-14-22(17-4-2-1-3-5-17)34(30-21)23(36)15-32-25-24(29-31-32)26(37)33(27(25)38)19-10-12-20(13-11-19)35(39)40/h1-13,22,24-25H,14-15H2/t22-,24+,25-/m0/s1. The lowest BCUT2D eigenvalue weighted by molar-refractivity contribution is -0.384. The number of nitro benzene ring substituents is 1. The lowest BCUT2D eigenvalue weighted by Crippen LogP contribution is -2.44. The third-order valence-corrected chi connectivity index (χ3v) is 7.53. The molecule has 3 aromatic carbocycles. The molecule has 3 amide bonds. The van der Waals surface area contributed by atoms with Crippen molar-refractivity contribution in [3.63, 3.8) is 0 Å². The summed E-state index contributed by atoms with van der Waals surface area (Å²) < 4.78 is 0.926. The van der Waals surface area contributed by atoms with Crippen LogP contribution in [-0.2, 0) is 14.4 Å². The molecule has 0 unspecified atom stereocenters. The van der Waals surface area contributed by atoms with Gasteiger partial charge in [-0.25, -0.2) is 9.91 Å². The molecule has 12 nitrogen and oxygen atoms in total. The fourth-order valence-corrected chi connectivity index (χ4v) is 5.30. The van der Waals surface area contributed by atoms with Gasteiger partial charge in [0.25, 0.3) is 23.4 Å². The van der Waals surface area contributed by atoms with E-state index >= 15 is 0 Å². The molecule has 0 aliphatic carbocycles. The lowest BCUT2D eigenvalue weighted by atomic mass is 9.98. The maximum absolute atomic E-state index is 13.6. The zero-order valence-corrected chi connectivity index (χ0v) is 22.3. The summed E-state index contributed by atoms with van der Waals surface area (Å²) in [5.74, 6) is -1.63. The average molecular weight is 602 g/mol. The van der Waals surface area contributed by atoms with Crippen molar-refractivity contribution in [1.29, 1.82) is 0 Å². The Morgan fingerprint density at radius 1 is 0.975 bits per heavy atom. The number of nitro groups is 1. The maximum Gasteiger partial charge on any atom is 0.269 e. The van der Waals surface area contributed by atoms with Gasteiger partial charge in [-0.05, 0) is 35.4 Å². The summed E-state index contributed by atoms with van der Waals surface area (Å²) in [5.41, 5.74) is 2.55. The van der Waals surface area contributed by atoms with Crippen molar-refractivity contribution in [2.24, 2.45) is 15.4 Å². The van der Waals surface area contributed by atoms with E-state index in [0.29, 0.717) is 6.42 Å². The number of amides is 3.